The number of rotatable bonds is 3. The summed E-state index contributed by atoms with van der Waals surface area (Å²) in [6, 6.07) is 7.10. The van der Waals surface area contributed by atoms with Crippen LogP contribution in [-0.4, -0.2) is 21.9 Å². The predicted octanol–water partition coefficient (Wildman–Crippen LogP) is 1.66. The van der Waals surface area contributed by atoms with Gasteiger partial charge in [-0.1, -0.05) is 6.07 Å². The Morgan fingerprint density at radius 1 is 1.44 bits per heavy atom. The first-order chi connectivity index (χ1) is 8.72. The Morgan fingerprint density at radius 2 is 2.22 bits per heavy atom. The van der Waals surface area contributed by atoms with Crippen LogP contribution in [0.15, 0.2) is 30.6 Å². The highest BCUT2D eigenvalue weighted by molar-refractivity contribution is 6.04. The summed E-state index contributed by atoms with van der Waals surface area (Å²) >= 11 is 0. The molecule has 5 heteroatoms. The van der Waals surface area contributed by atoms with Gasteiger partial charge >= 0.3 is 0 Å². The first-order valence-electron chi connectivity index (χ1n) is 5.60. The SMILES string of the molecule is CC(CC#N)NC(=O)c1cccc2nccnc12. The van der Waals surface area contributed by atoms with Crippen LogP contribution in [0.1, 0.15) is 23.7 Å². The molecule has 1 heterocycles. The van der Waals surface area contributed by atoms with Crippen LogP contribution in [0.2, 0.25) is 0 Å². The van der Waals surface area contributed by atoms with Gasteiger partial charge in [-0.2, -0.15) is 5.26 Å². The third-order valence-electron chi connectivity index (χ3n) is 2.52. The van der Waals surface area contributed by atoms with Crippen molar-refractivity contribution in [2.24, 2.45) is 0 Å². The predicted molar refractivity (Wildman–Crippen MR) is 66.7 cm³/mol. The van der Waals surface area contributed by atoms with Crippen molar-refractivity contribution in [1.82, 2.24) is 15.3 Å². The number of nitrogens with one attached hydrogen (secondary N) is 1. The Morgan fingerprint density at radius 3 is 3.00 bits per heavy atom. The molecular formula is C13H12N4O. The zero-order chi connectivity index (χ0) is 13.0. The lowest BCUT2D eigenvalue weighted by Gasteiger charge is -2.11. The van der Waals surface area contributed by atoms with E-state index in [0.29, 0.717) is 16.6 Å². The number of hydrogen-bond acceptors (Lipinski definition) is 4. The smallest absolute Gasteiger partial charge is 0.253 e. The fourth-order valence-corrected chi connectivity index (χ4v) is 1.67. The molecule has 0 saturated carbocycles. The molecule has 18 heavy (non-hydrogen) atoms. The van der Waals surface area contributed by atoms with E-state index in [0.717, 1.165) is 0 Å². The summed E-state index contributed by atoms with van der Waals surface area (Å²) in [5.41, 5.74) is 1.73. The lowest BCUT2D eigenvalue weighted by molar-refractivity contribution is 0.0942. The minimum absolute atomic E-state index is 0.186. The van der Waals surface area contributed by atoms with E-state index in [2.05, 4.69) is 15.3 Å². The zero-order valence-corrected chi connectivity index (χ0v) is 9.92. The van der Waals surface area contributed by atoms with Crippen molar-refractivity contribution < 1.29 is 4.79 Å². The Balaban J connectivity index is 2.31. The van der Waals surface area contributed by atoms with Crippen LogP contribution in [0.3, 0.4) is 0 Å². The average Bonchev–Trinajstić information content (AvgIpc) is 2.38. The molecule has 2 rings (SSSR count). The van der Waals surface area contributed by atoms with Gasteiger partial charge in [-0.25, -0.2) is 0 Å². The maximum absolute atomic E-state index is 12.1. The van der Waals surface area contributed by atoms with E-state index in [9.17, 15) is 4.79 Å². The van der Waals surface area contributed by atoms with Crippen LogP contribution in [0, 0.1) is 11.3 Å². The second kappa shape index (κ2) is 5.23. The van der Waals surface area contributed by atoms with Gasteiger partial charge in [-0.15, -0.1) is 0 Å². The fraction of sp³-hybridized carbons (Fsp3) is 0.231. The molecule has 2 aromatic rings. The first kappa shape index (κ1) is 12.0. The molecule has 0 saturated heterocycles. The molecule has 1 unspecified atom stereocenters. The third kappa shape index (κ3) is 2.43. The largest absolute Gasteiger partial charge is 0.348 e. The van der Waals surface area contributed by atoms with Crippen molar-refractivity contribution in [3.05, 3.63) is 36.2 Å². The lowest BCUT2D eigenvalue weighted by atomic mass is 10.1. The number of nitrogens with zero attached hydrogens (tertiary/aromatic N) is 3. The van der Waals surface area contributed by atoms with E-state index in [1.807, 2.05) is 6.07 Å². The van der Waals surface area contributed by atoms with Gasteiger partial charge in [-0.3, -0.25) is 14.8 Å². The summed E-state index contributed by atoms with van der Waals surface area (Å²) in [5, 5.41) is 11.3. The van der Waals surface area contributed by atoms with E-state index in [4.69, 9.17) is 5.26 Å². The highest BCUT2D eigenvalue weighted by Gasteiger charge is 2.13. The van der Waals surface area contributed by atoms with E-state index in [-0.39, 0.29) is 18.4 Å². The second-order valence-corrected chi connectivity index (χ2v) is 3.97. The molecule has 0 spiro atoms. The summed E-state index contributed by atoms with van der Waals surface area (Å²) in [7, 11) is 0. The zero-order valence-electron chi connectivity index (χ0n) is 9.92. The van der Waals surface area contributed by atoms with Gasteiger partial charge in [0, 0.05) is 18.4 Å². The minimum atomic E-state index is -0.233. The molecule has 1 amide bonds. The van der Waals surface area contributed by atoms with Crippen molar-refractivity contribution in [1.29, 1.82) is 5.26 Å². The number of carbonyl (C=O) groups is 1. The van der Waals surface area contributed by atoms with Gasteiger partial charge in [0.1, 0.15) is 5.52 Å². The van der Waals surface area contributed by atoms with Crippen LogP contribution in [0.25, 0.3) is 11.0 Å². The number of carbonyl (C=O) groups excluding carboxylic acids is 1. The summed E-state index contributed by atoms with van der Waals surface area (Å²) < 4.78 is 0. The number of nitriles is 1. The molecule has 90 valence electrons. The van der Waals surface area contributed by atoms with E-state index >= 15 is 0 Å². The van der Waals surface area contributed by atoms with Crippen LogP contribution in [0.5, 0.6) is 0 Å². The molecule has 5 nitrogen and oxygen atoms in total. The number of aromatic nitrogens is 2. The molecule has 0 fully saturated rings. The number of benzene rings is 1. The molecule has 1 N–H and O–H groups in total. The normalized spacial score (nSPS) is 11.8. The number of amides is 1. The molecule has 0 aliphatic carbocycles. The van der Waals surface area contributed by atoms with Gasteiger partial charge in [-0.05, 0) is 19.1 Å². The van der Waals surface area contributed by atoms with Crippen molar-refractivity contribution >= 4 is 16.9 Å². The van der Waals surface area contributed by atoms with Crippen molar-refractivity contribution in [2.45, 2.75) is 19.4 Å². The Hall–Kier alpha value is -2.48. The van der Waals surface area contributed by atoms with Crippen molar-refractivity contribution in [3.63, 3.8) is 0 Å². The average molecular weight is 240 g/mol. The maximum atomic E-state index is 12.1. The number of para-hydroxylation sites is 1. The summed E-state index contributed by atoms with van der Waals surface area (Å²) in [6.45, 7) is 1.79. The van der Waals surface area contributed by atoms with Crippen LogP contribution >= 0.6 is 0 Å². The van der Waals surface area contributed by atoms with E-state index in [1.54, 1.807) is 37.5 Å². The molecule has 0 radical (unpaired) electrons. The molecule has 0 bridgehead atoms. The molecular weight excluding hydrogens is 228 g/mol. The van der Waals surface area contributed by atoms with Gasteiger partial charge < -0.3 is 5.32 Å². The summed E-state index contributed by atoms with van der Waals surface area (Å²) in [4.78, 5) is 20.4. The number of hydrogen-bond donors (Lipinski definition) is 1. The quantitative estimate of drug-likeness (QED) is 0.884. The molecule has 0 aliphatic heterocycles. The number of fused-ring (bicyclic) bond motifs is 1. The van der Waals surface area contributed by atoms with Gasteiger partial charge in [0.15, 0.2) is 0 Å². The molecule has 1 atom stereocenters. The first-order valence-corrected chi connectivity index (χ1v) is 5.60. The Bertz CT molecular complexity index is 612. The molecule has 0 aliphatic rings. The van der Waals surface area contributed by atoms with Gasteiger partial charge in [0.2, 0.25) is 0 Å². The van der Waals surface area contributed by atoms with Crippen LogP contribution in [-0.2, 0) is 0 Å². The van der Waals surface area contributed by atoms with E-state index < -0.39 is 0 Å². The summed E-state index contributed by atoms with van der Waals surface area (Å²) in [6.07, 6.45) is 3.42. The topological polar surface area (TPSA) is 78.7 Å². The monoisotopic (exact) mass is 240 g/mol. The van der Waals surface area contributed by atoms with E-state index in [1.165, 1.54) is 0 Å². The fourth-order valence-electron chi connectivity index (χ4n) is 1.67. The van der Waals surface area contributed by atoms with Crippen LogP contribution < -0.4 is 5.32 Å². The second-order valence-electron chi connectivity index (χ2n) is 3.97. The standard InChI is InChI=1S/C13H12N4O/c1-9(5-6-14)17-13(18)10-3-2-4-11-12(10)16-8-7-15-11/h2-4,7-9H,5H2,1H3,(H,17,18). The minimum Gasteiger partial charge on any atom is -0.348 e. The molecule has 1 aromatic carbocycles. The van der Waals surface area contributed by atoms with Crippen molar-refractivity contribution in [2.75, 3.05) is 0 Å². The van der Waals surface area contributed by atoms with Crippen LogP contribution in [0.4, 0.5) is 0 Å². The lowest BCUT2D eigenvalue weighted by Crippen LogP contribution is -2.32. The van der Waals surface area contributed by atoms with Crippen molar-refractivity contribution in [3.8, 4) is 6.07 Å². The highest BCUT2D eigenvalue weighted by Crippen LogP contribution is 2.13. The molecule has 1 aromatic heterocycles. The Labute approximate surface area is 104 Å². The maximum Gasteiger partial charge on any atom is 0.253 e. The third-order valence-corrected chi connectivity index (χ3v) is 2.52. The Kier molecular flexibility index (Phi) is 3.49. The van der Waals surface area contributed by atoms with Gasteiger partial charge in [0.25, 0.3) is 5.91 Å². The highest BCUT2D eigenvalue weighted by atomic mass is 16.1. The summed E-state index contributed by atoms with van der Waals surface area (Å²) in [5.74, 6) is -0.233. The van der Waals surface area contributed by atoms with Gasteiger partial charge in [0.05, 0.1) is 23.6 Å².